The maximum atomic E-state index is 14.0. The molecule has 8 nitrogen and oxygen atoms in total. The Kier molecular flexibility index (Phi) is 7.54. The molecule has 2 fully saturated rings. The first-order valence-corrected chi connectivity index (χ1v) is 13.4. The number of hydrogen-bond donors (Lipinski definition) is 1. The van der Waals surface area contributed by atoms with Crippen LogP contribution in [0.25, 0.3) is 0 Å². The molecule has 0 radical (unpaired) electrons. The lowest BCUT2D eigenvalue weighted by Crippen LogP contribution is -2.57. The number of carbonyl (C=O) groups is 3. The van der Waals surface area contributed by atoms with Gasteiger partial charge in [-0.2, -0.15) is 0 Å². The number of methoxy groups -OCH3 is 1. The Labute approximate surface area is 229 Å². The van der Waals surface area contributed by atoms with Crippen LogP contribution in [-0.2, 0) is 16.0 Å². The van der Waals surface area contributed by atoms with Gasteiger partial charge >= 0.3 is 0 Å². The number of benzene rings is 3. The second-order valence-electron chi connectivity index (χ2n) is 10.1. The number of anilines is 2. The van der Waals surface area contributed by atoms with E-state index in [-0.39, 0.29) is 24.3 Å². The first-order chi connectivity index (χ1) is 18.9. The number of para-hydroxylation sites is 1. The van der Waals surface area contributed by atoms with Crippen molar-refractivity contribution < 1.29 is 19.1 Å². The molecule has 202 valence electrons. The van der Waals surface area contributed by atoms with Crippen LogP contribution in [0.5, 0.6) is 5.75 Å². The van der Waals surface area contributed by atoms with Gasteiger partial charge in [-0.05, 0) is 61.2 Å². The zero-order valence-electron chi connectivity index (χ0n) is 22.4. The van der Waals surface area contributed by atoms with Crippen molar-refractivity contribution in [3.8, 4) is 5.75 Å². The molecule has 0 saturated carbocycles. The summed E-state index contributed by atoms with van der Waals surface area (Å²) in [7, 11) is 1.57. The molecule has 39 heavy (non-hydrogen) atoms. The van der Waals surface area contributed by atoms with E-state index >= 15 is 0 Å². The standard InChI is InChI=1S/C31H34N4O4/c1-3-23-12-14-24(15-13-23)29(37)33-18-16-31(17-19-33)30(38)34(22-35(31)26-9-5-4-6-10-26)21-28(36)32-25-8-7-11-27(20-25)39-2/h4-15,20H,3,16-19,21-22H2,1-2H3,(H,32,36). The van der Waals surface area contributed by atoms with Crippen LogP contribution in [0, 0.1) is 0 Å². The summed E-state index contributed by atoms with van der Waals surface area (Å²) in [6.07, 6.45) is 1.91. The van der Waals surface area contributed by atoms with E-state index < -0.39 is 5.54 Å². The van der Waals surface area contributed by atoms with Crippen molar-refractivity contribution in [1.82, 2.24) is 9.80 Å². The molecule has 5 rings (SSSR count). The molecule has 2 aliphatic heterocycles. The van der Waals surface area contributed by atoms with Gasteiger partial charge in [0, 0.05) is 36.1 Å². The number of rotatable bonds is 7. The smallest absolute Gasteiger partial charge is 0.253 e. The molecule has 2 aliphatic rings. The van der Waals surface area contributed by atoms with E-state index in [0.29, 0.717) is 49.6 Å². The summed E-state index contributed by atoms with van der Waals surface area (Å²) in [5, 5.41) is 2.87. The summed E-state index contributed by atoms with van der Waals surface area (Å²) in [5.74, 6) is 0.275. The fourth-order valence-corrected chi connectivity index (χ4v) is 5.54. The van der Waals surface area contributed by atoms with E-state index in [9.17, 15) is 14.4 Å². The van der Waals surface area contributed by atoms with Gasteiger partial charge in [-0.15, -0.1) is 0 Å². The SMILES string of the molecule is CCc1ccc(C(=O)N2CCC3(CC2)C(=O)N(CC(=O)Nc2cccc(OC)c2)CN3c2ccccc2)cc1. The highest BCUT2D eigenvalue weighted by atomic mass is 16.5. The van der Waals surface area contributed by atoms with E-state index in [0.717, 1.165) is 12.1 Å². The van der Waals surface area contributed by atoms with Gasteiger partial charge in [-0.3, -0.25) is 14.4 Å². The Morgan fingerprint density at radius 1 is 0.949 bits per heavy atom. The van der Waals surface area contributed by atoms with Crippen LogP contribution in [0.4, 0.5) is 11.4 Å². The molecule has 8 heteroatoms. The third-order valence-corrected chi connectivity index (χ3v) is 7.76. The van der Waals surface area contributed by atoms with Gasteiger partial charge in [0.25, 0.3) is 11.8 Å². The van der Waals surface area contributed by atoms with Crippen LogP contribution in [-0.4, -0.2) is 66.5 Å². The largest absolute Gasteiger partial charge is 0.497 e. The normalized spacial score (nSPS) is 16.5. The molecule has 0 unspecified atom stereocenters. The number of likely N-dealkylation sites (tertiary alicyclic amines) is 1. The Bertz CT molecular complexity index is 1330. The highest BCUT2D eigenvalue weighted by molar-refractivity contribution is 6.00. The lowest BCUT2D eigenvalue weighted by atomic mass is 9.85. The summed E-state index contributed by atoms with van der Waals surface area (Å²) in [5.41, 5.74) is 2.59. The minimum absolute atomic E-state index is 0.0151. The fraction of sp³-hybridized carbons (Fsp3) is 0.323. The molecule has 0 atom stereocenters. The van der Waals surface area contributed by atoms with Crippen LogP contribution < -0.4 is 15.0 Å². The Morgan fingerprint density at radius 3 is 2.33 bits per heavy atom. The first-order valence-electron chi connectivity index (χ1n) is 13.4. The summed E-state index contributed by atoms with van der Waals surface area (Å²) >= 11 is 0. The van der Waals surface area contributed by atoms with Crippen LogP contribution in [0.15, 0.2) is 78.9 Å². The Morgan fingerprint density at radius 2 is 1.67 bits per heavy atom. The molecular weight excluding hydrogens is 492 g/mol. The first kappa shape index (κ1) is 26.3. The van der Waals surface area contributed by atoms with Gasteiger partial charge in [0.05, 0.1) is 13.8 Å². The molecule has 3 aromatic rings. The monoisotopic (exact) mass is 526 g/mol. The maximum absolute atomic E-state index is 14.0. The lowest BCUT2D eigenvalue weighted by molar-refractivity contribution is -0.136. The molecule has 1 spiro atoms. The summed E-state index contributed by atoms with van der Waals surface area (Å²) in [6.45, 7) is 3.26. The quantitative estimate of drug-likeness (QED) is 0.500. The second-order valence-corrected chi connectivity index (χ2v) is 10.1. The highest BCUT2D eigenvalue weighted by Gasteiger charge is 2.54. The Hall–Kier alpha value is -4.33. The van der Waals surface area contributed by atoms with Crippen molar-refractivity contribution in [2.75, 3.05) is 43.6 Å². The van der Waals surface area contributed by atoms with Crippen molar-refractivity contribution in [3.05, 3.63) is 90.0 Å². The zero-order valence-corrected chi connectivity index (χ0v) is 22.4. The van der Waals surface area contributed by atoms with Gasteiger partial charge in [-0.25, -0.2) is 0 Å². The van der Waals surface area contributed by atoms with Gasteiger partial charge in [0.15, 0.2) is 0 Å². The van der Waals surface area contributed by atoms with Crippen LogP contribution in [0.3, 0.4) is 0 Å². The van der Waals surface area contributed by atoms with Crippen molar-refractivity contribution in [1.29, 1.82) is 0 Å². The van der Waals surface area contributed by atoms with Crippen molar-refractivity contribution in [2.45, 2.75) is 31.7 Å². The van der Waals surface area contributed by atoms with Crippen molar-refractivity contribution in [3.63, 3.8) is 0 Å². The Balaban J connectivity index is 1.32. The van der Waals surface area contributed by atoms with Gasteiger partial charge in [0.1, 0.15) is 17.8 Å². The van der Waals surface area contributed by atoms with Gasteiger partial charge < -0.3 is 24.8 Å². The number of carbonyl (C=O) groups excluding carboxylic acids is 3. The molecule has 3 amide bonds. The average molecular weight is 527 g/mol. The predicted molar refractivity (Wildman–Crippen MR) is 151 cm³/mol. The number of piperidine rings is 1. The minimum Gasteiger partial charge on any atom is -0.497 e. The van der Waals surface area contributed by atoms with Crippen molar-refractivity contribution in [2.24, 2.45) is 0 Å². The lowest BCUT2D eigenvalue weighted by Gasteiger charge is -2.43. The third kappa shape index (κ3) is 5.32. The van der Waals surface area contributed by atoms with E-state index in [2.05, 4.69) is 17.1 Å². The number of amides is 3. The van der Waals surface area contributed by atoms with Gasteiger partial charge in [-0.1, -0.05) is 43.3 Å². The van der Waals surface area contributed by atoms with E-state index in [1.54, 1.807) is 36.3 Å². The molecular formula is C31H34N4O4. The van der Waals surface area contributed by atoms with Crippen LogP contribution >= 0.6 is 0 Å². The molecule has 0 aromatic heterocycles. The number of nitrogens with zero attached hydrogens (tertiary/aromatic N) is 3. The van der Waals surface area contributed by atoms with E-state index in [1.807, 2.05) is 59.5 Å². The highest BCUT2D eigenvalue weighted by Crippen LogP contribution is 2.39. The molecule has 0 aliphatic carbocycles. The number of aryl methyl sites for hydroxylation is 1. The van der Waals surface area contributed by atoms with Gasteiger partial charge in [0.2, 0.25) is 5.91 Å². The third-order valence-electron chi connectivity index (χ3n) is 7.76. The molecule has 2 saturated heterocycles. The van der Waals surface area contributed by atoms with Crippen LogP contribution in [0.2, 0.25) is 0 Å². The summed E-state index contributed by atoms with van der Waals surface area (Å²) < 4.78 is 5.24. The number of ether oxygens (including phenoxy) is 1. The minimum atomic E-state index is -0.805. The maximum Gasteiger partial charge on any atom is 0.253 e. The average Bonchev–Trinajstić information content (AvgIpc) is 3.23. The molecule has 3 aromatic carbocycles. The van der Waals surface area contributed by atoms with E-state index in [1.165, 1.54) is 5.56 Å². The fourth-order valence-electron chi connectivity index (χ4n) is 5.54. The summed E-state index contributed by atoms with van der Waals surface area (Å²) in [6, 6.07) is 24.7. The topological polar surface area (TPSA) is 82.2 Å². The number of hydrogen-bond acceptors (Lipinski definition) is 5. The van der Waals surface area contributed by atoms with Crippen LogP contribution in [0.1, 0.15) is 35.7 Å². The summed E-state index contributed by atoms with van der Waals surface area (Å²) in [4.78, 5) is 45.7. The van der Waals surface area contributed by atoms with Crippen molar-refractivity contribution >= 4 is 29.1 Å². The van der Waals surface area contributed by atoms with E-state index in [4.69, 9.17) is 4.74 Å². The molecule has 0 bridgehead atoms. The predicted octanol–water partition coefficient (Wildman–Crippen LogP) is 4.18. The second kappa shape index (κ2) is 11.2. The molecule has 2 heterocycles. The molecule has 1 N–H and O–H groups in total. The zero-order chi connectivity index (χ0) is 27.4. The number of nitrogens with one attached hydrogen (secondary N) is 1.